The average molecular weight is 231 g/mol. The summed E-state index contributed by atoms with van der Waals surface area (Å²) in [7, 11) is 1.47. The van der Waals surface area contributed by atoms with Gasteiger partial charge in [0.2, 0.25) is 0 Å². The van der Waals surface area contributed by atoms with E-state index in [9.17, 15) is 9.90 Å². The van der Waals surface area contributed by atoms with Gasteiger partial charge in [0.15, 0.2) is 6.10 Å². The summed E-state index contributed by atoms with van der Waals surface area (Å²) in [6, 6.07) is 4.84. The van der Waals surface area contributed by atoms with E-state index in [0.29, 0.717) is 16.3 Å². The van der Waals surface area contributed by atoms with Crippen molar-refractivity contribution in [2.45, 2.75) is 12.5 Å². The van der Waals surface area contributed by atoms with Gasteiger partial charge in [-0.3, -0.25) is 0 Å². The molecule has 15 heavy (non-hydrogen) atoms. The molecule has 0 saturated heterocycles. The van der Waals surface area contributed by atoms with Gasteiger partial charge in [-0.2, -0.15) is 0 Å². The Bertz CT molecular complexity index is 364. The van der Waals surface area contributed by atoms with Gasteiger partial charge in [0.1, 0.15) is 5.75 Å². The number of carboxylic acids is 1. The lowest BCUT2D eigenvalue weighted by Crippen LogP contribution is -2.22. The van der Waals surface area contributed by atoms with Gasteiger partial charge in [0, 0.05) is 11.4 Å². The highest BCUT2D eigenvalue weighted by atomic mass is 35.5. The highest BCUT2D eigenvalue weighted by molar-refractivity contribution is 6.30. The zero-order valence-electron chi connectivity index (χ0n) is 8.11. The first kappa shape index (κ1) is 11.8. The van der Waals surface area contributed by atoms with Crippen molar-refractivity contribution in [1.29, 1.82) is 0 Å². The Morgan fingerprint density at radius 1 is 1.60 bits per heavy atom. The Morgan fingerprint density at radius 2 is 2.27 bits per heavy atom. The fraction of sp³-hybridized carbons (Fsp3) is 0.300. The maximum absolute atomic E-state index is 10.5. The maximum atomic E-state index is 10.5. The molecular weight excluding hydrogens is 220 g/mol. The molecule has 5 heteroatoms. The van der Waals surface area contributed by atoms with Crippen LogP contribution in [0, 0.1) is 0 Å². The molecule has 1 aromatic carbocycles. The van der Waals surface area contributed by atoms with Gasteiger partial charge in [-0.05, 0) is 23.8 Å². The standard InChI is InChI=1S/C10H11ClO4/c1-15-9-3-2-7(11)4-6(9)5-8(12)10(13)14/h2-4,8,12H,5H2,1H3,(H,13,14). The van der Waals surface area contributed by atoms with E-state index in [1.807, 2.05) is 0 Å². The van der Waals surface area contributed by atoms with Crippen LogP contribution in [0.25, 0.3) is 0 Å². The normalized spacial score (nSPS) is 12.2. The third kappa shape index (κ3) is 3.11. The van der Waals surface area contributed by atoms with Crippen LogP contribution in [0.15, 0.2) is 18.2 Å². The Balaban J connectivity index is 2.91. The number of halogens is 1. The smallest absolute Gasteiger partial charge is 0.332 e. The van der Waals surface area contributed by atoms with Crippen LogP contribution >= 0.6 is 11.6 Å². The van der Waals surface area contributed by atoms with E-state index in [1.54, 1.807) is 18.2 Å². The Kier molecular flexibility index (Phi) is 3.94. The van der Waals surface area contributed by atoms with Gasteiger partial charge in [-0.25, -0.2) is 4.79 Å². The molecule has 0 saturated carbocycles. The van der Waals surface area contributed by atoms with Crippen molar-refractivity contribution in [2.24, 2.45) is 0 Å². The number of hydrogen-bond donors (Lipinski definition) is 2. The number of benzene rings is 1. The summed E-state index contributed by atoms with van der Waals surface area (Å²) in [5.74, 6) is -0.753. The van der Waals surface area contributed by atoms with Crippen LogP contribution in [-0.4, -0.2) is 29.4 Å². The van der Waals surface area contributed by atoms with E-state index >= 15 is 0 Å². The monoisotopic (exact) mass is 230 g/mol. The Morgan fingerprint density at radius 3 is 2.80 bits per heavy atom. The van der Waals surface area contributed by atoms with Gasteiger partial charge in [-0.15, -0.1) is 0 Å². The van der Waals surface area contributed by atoms with Crippen LogP contribution in [0.2, 0.25) is 5.02 Å². The SMILES string of the molecule is COc1ccc(Cl)cc1CC(O)C(=O)O. The van der Waals surface area contributed by atoms with Crippen LogP contribution in [0.4, 0.5) is 0 Å². The van der Waals surface area contributed by atoms with Crippen molar-refractivity contribution in [2.75, 3.05) is 7.11 Å². The fourth-order valence-corrected chi connectivity index (χ4v) is 1.40. The van der Waals surface area contributed by atoms with Gasteiger partial charge >= 0.3 is 5.97 Å². The summed E-state index contributed by atoms with van der Waals surface area (Å²) in [4.78, 5) is 10.5. The highest BCUT2D eigenvalue weighted by Gasteiger charge is 2.16. The van der Waals surface area contributed by atoms with Crippen LogP contribution in [0.1, 0.15) is 5.56 Å². The molecule has 0 heterocycles. The molecule has 0 fully saturated rings. The predicted molar refractivity (Wildman–Crippen MR) is 55.4 cm³/mol. The molecule has 0 aliphatic heterocycles. The molecule has 1 aromatic rings. The summed E-state index contributed by atoms with van der Waals surface area (Å²) in [6.07, 6.45) is -1.48. The minimum atomic E-state index is -1.45. The van der Waals surface area contributed by atoms with Crippen molar-refractivity contribution in [3.63, 3.8) is 0 Å². The lowest BCUT2D eigenvalue weighted by molar-refractivity contribution is -0.146. The largest absolute Gasteiger partial charge is 0.496 e. The van der Waals surface area contributed by atoms with Crippen LogP contribution < -0.4 is 4.74 Å². The van der Waals surface area contributed by atoms with E-state index in [-0.39, 0.29) is 6.42 Å². The van der Waals surface area contributed by atoms with Gasteiger partial charge in [0.25, 0.3) is 0 Å². The minimum Gasteiger partial charge on any atom is -0.496 e. The first-order valence-electron chi connectivity index (χ1n) is 4.28. The molecule has 0 aliphatic carbocycles. The number of hydrogen-bond acceptors (Lipinski definition) is 3. The molecule has 0 bridgehead atoms. The van der Waals surface area contributed by atoms with Crippen LogP contribution in [0.3, 0.4) is 0 Å². The Labute approximate surface area is 92.1 Å². The van der Waals surface area contributed by atoms with Crippen LogP contribution in [0.5, 0.6) is 5.75 Å². The summed E-state index contributed by atoms with van der Waals surface area (Å²) in [6.45, 7) is 0. The number of aliphatic hydroxyl groups is 1. The second-order valence-corrected chi connectivity index (χ2v) is 3.45. The third-order valence-corrected chi connectivity index (χ3v) is 2.18. The van der Waals surface area contributed by atoms with Gasteiger partial charge in [-0.1, -0.05) is 11.6 Å². The number of methoxy groups -OCH3 is 1. The molecule has 1 rings (SSSR count). The van der Waals surface area contributed by atoms with Crippen LogP contribution in [-0.2, 0) is 11.2 Å². The van der Waals surface area contributed by atoms with E-state index in [1.165, 1.54) is 7.11 Å². The number of aliphatic hydroxyl groups excluding tert-OH is 1. The van der Waals surface area contributed by atoms with Crippen molar-refractivity contribution < 1.29 is 19.7 Å². The number of carbonyl (C=O) groups is 1. The zero-order valence-corrected chi connectivity index (χ0v) is 8.86. The van der Waals surface area contributed by atoms with Crippen molar-refractivity contribution in [3.8, 4) is 5.75 Å². The molecule has 0 aliphatic rings. The van der Waals surface area contributed by atoms with Crippen molar-refractivity contribution in [3.05, 3.63) is 28.8 Å². The number of carboxylic acid groups (broad SMARTS) is 1. The molecular formula is C10H11ClO4. The summed E-state index contributed by atoms with van der Waals surface area (Å²) < 4.78 is 5.02. The molecule has 0 amide bonds. The second-order valence-electron chi connectivity index (χ2n) is 3.01. The quantitative estimate of drug-likeness (QED) is 0.819. The molecule has 4 nitrogen and oxygen atoms in total. The third-order valence-electron chi connectivity index (χ3n) is 1.94. The first-order valence-corrected chi connectivity index (χ1v) is 4.65. The molecule has 0 radical (unpaired) electrons. The highest BCUT2D eigenvalue weighted by Crippen LogP contribution is 2.23. The van der Waals surface area contributed by atoms with E-state index < -0.39 is 12.1 Å². The minimum absolute atomic E-state index is 0.0287. The van der Waals surface area contributed by atoms with E-state index in [0.717, 1.165) is 0 Å². The van der Waals surface area contributed by atoms with Gasteiger partial charge < -0.3 is 14.9 Å². The maximum Gasteiger partial charge on any atom is 0.332 e. The summed E-state index contributed by atoms with van der Waals surface area (Å²) >= 11 is 5.75. The topological polar surface area (TPSA) is 66.8 Å². The lowest BCUT2D eigenvalue weighted by atomic mass is 10.1. The fourth-order valence-electron chi connectivity index (χ4n) is 1.20. The van der Waals surface area contributed by atoms with E-state index in [4.69, 9.17) is 21.4 Å². The summed E-state index contributed by atoms with van der Waals surface area (Å²) in [5.41, 5.74) is 0.569. The number of ether oxygens (including phenoxy) is 1. The molecule has 0 aromatic heterocycles. The molecule has 82 valence electrons. The Hall–Kier alpha value is -1.26. The van der Waals surface area contributed by atoms with E-state index in [2.05, 4.69) is 0 Å². The number of aliphatic carboxylic acids is 1. The molecule has 1 atom stereocenters. The molecule has 1 unspecified atom stereocenters. The summed E-state index contributed by atoms with van der Waals surface area (Å²) in [5, 5.41) is 18.2. The molecule has 0 spiro atoms. The second kappa shape index (κ2) is 5.00. The predicted octanol–water partition coefficient (Wildman–Crippen LogP) is 1.34. The van der Waals surface area contributed by atoms with Crippen molar-refractivity contribution >= 4 is 17.6 Å². The average Bonchev–Trinajstić information content (AvgIpc) is 2.18. The first-order chi connectivity index (χ1) is 7.04. The van der Waals surface area contributed by atoms with Crippen molar-refractivity contribution in [1.82, 2.24) is 0 Å². The van der Waals surface area contributed by atoms with Gasteiger partial charge in [0.05, 0.1) is 7.11 Å². The zero-order chi connectivity index (χ0) is 11.4. The number of rotatable bonds is 4. The molecule has 2 N–H and O–H groups in total. The lowest BCUT2D eigenvalue weighted by Gasteiger charge is -2.10.